The standard InChI is InChI=1S/C71H138O17P2/c1-6-10-13-16-19-22-23-24-25-26-27-28-29-30-31-32-37-42-47-52-57-71(76)88-67(61-82-69(74)55-50-45-41-36-34-33-35-38-43-48-53-64(5)9-4)63-86-90(79,80)84-59-65(72)58-83-89(77,78)85-62-66(87-70(75)56-51-46-40-21-18-15-12-8-3)60-81-68(73)54-49-44-39-20-17-14-11-7-2/h64-67,72H,6-63H2,1-5H3,(H,77,78)(H,79,80)/t64?,65-,66+,67+/m0/s1. The molecule has 0 heterocycles. The number of carbonyl (C=O) groups excluding carboxylic acids is 4. The van der Waals surface area contributed by atoms with Gasteiger partial charge in [-0.2, -0.15) is 0 Å². The molecule has 6 atom stereocenters. The minimum Gasteiger partial charge on any atom is -0.462 e. The molecule has 0 rings (SSSR count). The van der Waals surface area contributed by atoms with Crippen LogP contribution in [0.25, 0.3) is 0 Å². The van der Waals surface area contributed by atoms with Crippen LogP contribution in [0, 0.1) is 5.92 Å². The summed E-state index contributed by atoms with van der Waals surface area (Å²) in [5.41, 5.74) is 0. The molecule has 0 fully saturated rings. The fraction of sp³-hybridized carbons (Fsp3) is 0.944. The summed E-state index contributed by atoms with van der Waals surface area (Å²) >= 11 is 0. The monoisotopic (exact) mass is 1320 g/mol. The van der Waals surface area contributed by atoms with E-state index >= 15 is 0 Å². The first-order chi connectivity index (χ1) is 43.6. The lowest BCUT2D eigenvalue weighted by atomic mass is 9.99. The van der Waals surface area contributed by atoms with Crippen LogP contribution in [-0.4, -0.2) is 96.7 Å². The lowest BCUT2D eigenvalue weighted by Crippen LogP contribution is -2.30. The van der Waals surface area contributed by atoms with E-state index in [0.717, 1.165) is 109 Å². The van der Waals surface area contributed by atoms with Crippen molar-refractivity contribution in [3.63, 3.8) is 0 Å². The van der Waals surface area contributed by atoms with Crippen LogP contribution in [0.1, 0.15) is 369 Å². The molecule has 0 saturated heterocycles. The molecule has 17 nitrogen and oxygen atoms in total. The molecular formula is C71H138O17P2. The summed E-state index contributed by atoms with van der Waals surface area (Å²) in [6, 6.07) is 0. The Morgan fingerprint density at radius 3 is 0.789 bits per heavy atom. The van der Waals surface area contributed by atoms with Gasteiger partial charge in [0.25, 0.3) is 0 Å². The smallest absolute Gasteiger partial charge is 0.462 e. The highest BCUT2D eigenvalue weighted by Crippen LogP contribution is 2.45. The average molecular weight is 1330 g/mol. The van der Waals surface area contributed by atoms with Gasteiger partial charge in [-0.15, -0.1) is 0 Å². The largest absolute Gasteiger partial charge is 0.472 e. The van der Waals surface area contributed by atoms with Gasteiger partial charge in [-0.05, 0) is 31.6 Å². The summed E-state index contributed by atoms with van der Waals surface area (Å²) in [5.74, 6) is -1.32. The molecule has 0 aromatic heterocycles. The number of carbonyl (C=O) groups is 4. The summed E-state index contributed by atoms with van der Waals surface area (Å²) in [6.45, 7) is 7.22. The van der Waals surface area contributed by atoms with Crippen molar-refractivity contribution in [2.75, 3.05) is 39.6 Å². The van der Waals surface area contributed by atoms with Crippen molar-refractivity contribution in [1.82, 2.24) is 0 Å². The van der Waals surface area contributed by atoms with Crippen LogP contribution in [0.5, 0.6) is 0 Å². The van der Waals surface area contributed by atoms with E-state index < -0.39 is 97.5 Å². The molecule has 90 heavy (non-hydrogen) atoms. The molecule has 0 bridgehead atoms. The van der Waals surface area contributed by atoms with E-state index in [1.54, 1.807) is 0 Å². The van der Waals surface area contributed by atoms with E-state index in [2.05, 4.69) is 34.6 Å². The van der Waals surface area contributed by atoms with E-state index in [4.69, 9.17) is 37.0 Å². The van der Waals surface area contributed by atoms with Gasteiger partial charge >= 0.3 is 39.5 Å². The van der Waals surface area contributed by atoms with Gasteiger partial charge in [0.05, 0.1) is 26.4 Å². The molecule has 0 aromatic carbocycles. The molecule has 0 saturated carbocycles. The Hall–Kier alpha value is -1.94. The minimum absolute atomic E-state index is 0.105. The van der Waals surface area contributed by atoms with E-state index in [9.17, 15) is 43.2 Å². The topological polar surface area (TPSA) is 237 Å². The molecule has 0 aliphatic rings. The third-order valence-electron chi connectivity index (χ3n) is 16.9. The van der Waals surface area contributed by atoms with Gasteiger partial charge in [0.1, 0.15) is 19.3 Å². The second-order valence-corrected chi connectivity index (χ2v) is 28.8. The Bertz CT molecular complexity index is 1740. The van der Waals surface area contributed by atoms with Crippen LogP contribution in [0.15, 0.2) is 0 Å². The summed E-state index contributed by atoms with van der Waals surface area (Å²) in [7, 11) is -9.89. The first kappa shape index (κ1) is 88.1. The summed E-state index contributed by atoms with van der Waals surface area (Å²) < 4.78 is 68.2. The van der Waals surface area contributed by atoms with Crippen molar-refractivity contribution < 1.29 is 80.2 Å². The molecule has 3 N–H and O–H groups in total. The van der Waals surface area contributed by atoms with Crippen molar-refractivity contribution in [3.05, 3.63) is 0 Å². The molecule has 19 heteroatoms. The lowest BCUT2D eigenvalue weighted by molar-refractivity contribution is -0.161. The van der Waals surface area contributed by atoms with Crippen LogP contribution < -0.4 is 0 Å². The van der Waals surface area contributed by atoms with Crippen LogP contribution in [0.2, 0.25) is 0 Å². The molecule has 0 aliphatic heterocycles. The van der Waals surface area contributed by atoms with Gasteiger partial charge in [0.15, 0.2) is 12.2 Å². The van der Waals surface area contributed by atoms with Crippen molar-refractivity contribution in [2.45, 2.75) is 387 Å². The van der Waals surface area contributed by atoms with Crippen molar-refractivity contribution >= 4 is 39.5 Å². The molecule has 0 aliphatic carbocycles. The first-order valence-electron chi connectivity index (χ1n) is 37.2. The number of hydrogen-bond acceptors (Lipinski definition) is 15. The van der Waals surface area contributed by atoms with Crippen molar-refractivity contribution in [1.29, 1.82) is 0 Å². The molecule has 534 valence electrons. The Morgan fingerprint density at radius 1 is 0.311 bits per heavy atom. The summed E-state index contributed by atoms with van der Waals surface area (Å²) in [4.78, 5) is 72.4. The zero-order valence-electron chi connectivity index (χ0n) is 58.3. The average Bonchev–Trinajstić information content (AvgIpc) is 3.61. The van der Waals surface area contributed by atoms with Gasteiger partial charge in [0.2, 0.25) is 0 Å². The number of phosphoric acid groups is 2. The molecule has 0 aromatic rings. The Balaban J connectivity index is 5.16. The third kappa shape index (κ3) is 63.5. The maximum atomic E-state index is 13.0. The molecule has 0 spiro atoms. The minimum atomic E-state index is -4.95. The van der Waals surface area contributed by atoms with E-state index in [1.807, 2.05) is 0 Å². The number of esters is 4. The molecule has 0 radical (unpaired) electrons. The number of aliphatic hydroxyl groups is 1. The van der Waals surface area contributed by atoms with Crippen LogP contribution in [0.4, 0.5) is 0 Å². The fourth-order valence-corrected chi connectivity index (χ4v) is 12.4. The predicted octanol–water partition coefficient (Wildman–Crippen LogP) is 20.5. The number of ether oxygens (including phenoxy) is 4. The quantitative estimate of drug-likeness (QED) is 0.0222. The highest BCUT2D eigenvalue weighted by Gasteiger charge is 2.30. The Kier molecular flexibility index (Phi) is 63.0. The van der Waals surface area contributed by atoms with Gasteiger partial charge in [-0.1, -0.05) is 317 Å². The number of rotatable bonds is 71. The zero-order valence-corrected chi connectivity index (χ0v) is 60.1. The maximum Gasteiger partial charge on any atom is 0.472 e. The first-order valence-corrected chi connectivity index (χ1v) is 40.2. The molecule has 0 amide bonds. The Morgan fingerprint density at radius 2 is 0.533 bits per heavy atom. The lowest BCUT2D eigenvalue weighted by Gasteiger charge is -2.21. The third-order valence-corrected chi connectivity index (χ3v) is 18.8. The van der Waals surface area contributed by atoms with Crippen LogP contribution in [-0.2, 0) is 65.4 Å². The maximum absolute atomic E-state index is 13.0. The van der Waals surface area contributed by atoms with Gasteiger partial charge in [-0.3, -0.25) is 37.3 Å². The van der Waals surface area contributed by atoms with Gasteiger partial charge < -0.3 is 33.8 Å². The number of aliphatic hydroxyl groups excluding tert-OH is 1. The summed E-state index contributed by atoms with van der Waals surface area (Å²) in [5, 5.41) is 10.6. The fourth-order valence-electron chi connectivity index (χ4n) is 10.8. The van der Waals surface area contributed by atoms with Crippen LogP contribution >= 0.6 is 15.6 Å². The SMILES string of the molecule is CCCCCCCCCCCCCCCCCCCCCCC(=O)O[C@H](COC(=O)CCCCCCCCCCCCC(C)CC)COP(=O)(O)OC[C@@H](O)COP(=O)(O)OC[C@@H](COC(=O)CCCCCCCCCC)OC(=O)CCCCCCCCCC. The van der Waals surface area contributed by atoms with E-state index in [1.165, 1.54) is 180 Å². The number of unbranched alkanes of at least 4 members (excludes halogenated alkanes) is 42. The second kappa shape index (κ2) is 64.4. The van der Waals surface area contributed by atoms with Gasteiger partial charge in [-0.25, -0.2) is 9.13 Å². The predicted molar refractivity (Wildman–Crippen MR) is 363 cm³/mol. The highest BCUT2D eigenvalue weighted by atomic mass is 31.2. The number of hydrogen-bond donors (Lipinski definition) is 3. The van der Waals surface area contributed by atoms with E-state index in [0.29, 0.717) is 25.7 Å². The van der Waals surface area contributed by atoms with Crippen LogP contribution in [0.3, 0.4) is 0 Å². The number of phosphoric ester groups is 2. The normalized spacial score (nSPS) is 14.4. The summed E-state index contributed by atoms with van der Waals surface area (Å²) in [6.07, 6.45) is 51.5. The Labute approximate surface area is 549 Å². The van der Waals surface area contributed by atoms with Gasteiger partial charge in [0, 0.05) is 25.7 Å². The van der Waals surface area contributed by atoms with Crippen molar-refractivity contribution in [3.8, 4) is 0 Å². The van der Waals surface area contributed by atoms with E-state index in [-0.39, 0.29) is 25.7 Å². The van der Waals surface area contributed by atoms with Crippen molar-refractivity contribution in [2.24, 2.45) is 5.92 Å². The highest BCUT2D eigenvalue weighted by molar-refractivity contribution is 7.47. The zero-order chi connectivity index (χ0) is 66.3. The second-order valence-electron chi connectivity index (χ2n) is 25.9. The molecular weight excluding hydrogens is 1190 g/mol. The molecule has 3 unspecified atom stereocenters.